The van der Waals surface area contributed by atoms with Crippen molar-refractivity contribution in [1.29, 1.82) is 5.26 Å². The molecule has 0 N–H and O–H groups in total. The second-order valence-corrected chi connectivity index (χ2v) is 5.65. The lowest BCUT2D eigenvalue weighted by Gasteiger charge is -2.13. The highest BCUT2D eigenvalue weighted by Gasteiger charge is 2.12. The minimum atomic E-state index is 0.0445. The highest BCUT2D eigenvalue weighted by atomic mass is 14.3. The van der Waals surface area contributed by atoms with Crippen molar-refractivity contribution in [3.63, 3.8) is 0 Å². The van der Waals surface area contributed by atoms with Gasteiger partial charge in [-0.25, -0.2) is 0 Å². The summed E-state index contributed by atoms with van der Waals surface area (Å²) >= 11 is 0. The van der Waals surface area contributed by atoms with Gasteiger partial charge in [-0.05, 0) is 35.8 Å². The summed E-state index contributed by atoms with van der Waals surface area (Å²) in [4.78, 5) is 0. The van der Waals surface area contributed by atoms with Crippen LogP contribution in [0.5, 0.6) is 0 Å². The van der Waals surface area contributed by atoms with E-state index in [2.05, 4.69) is 58.0 Å². The van der Waals surface area contributed by atoms with Gasteiger partial charge in [-0.1, -0.05) is 52.0 Å². The zero-order valence-corrected chi connectivity index (χ0v) is 11.4. The lowest BCUT2D eigenvalue weighted by Crippen LogP contribution is -2.01. The summed E-state index contributed by atoms with van der Waals surface area (Å²) in [6.45, 7) is 8.78. The second kappa shape index (κ2) is 6.45. The molecule has 0 aliphatic carbocycles. The molecule has 1 nitrogen and oxygen atoms in total. The van der Waals surface area contributed by atoms with E-state index in [1.54, 1.807) is 0 Å². The predicted octanol–water partition coefficient (Wildman–Crippen LogP) is 4.54. The number of rotatable bonds is 5. The fourth-order valence-corrected chi connectivity index (χ4v) is 2.09. The molecule has 0 amide bonds. The number of hydrogen-bond donors (Lipinski definition) is 0. The van der Waals surface area contributed by atoms with E-state index in [9.17, 15) is 5.26 Å². The topological polar surface area (TPSA) is 23.8 Å². The lowest BCUT2D eigenvalue weighted by molar-refractivity contribution is 0.555. The number of benzene rings is 1. The van der Waals surface area contributed by atoms with Crippen molar-refractivity contribution in [2.75, 3.05) is 0 Å². The van der Waals surface area contributed by atoms with Gasteiger partial charge in [0.25, 0.3) is 0 Å². The second-order valence-electron chi connectivity index (χ2n) is 5.65. The van der Waals surface area contributed by atoms with Crippen molar-refractivity contribution in [2.45, 2.75) is 46.5 Å². The Hall–Kier alpha value is -1.29. The summed E-state index contributed by atoms with van der Waals surface area (Å²) in [7, 11) is 0. The van der Waals surface area contributed by atoms with E-state index < -0.39 is 0 Å². The summed E-state index contributed by atoms with van der Waals surface area (Å²) in [5.74, 6) is 1.29. The molecule has 0 saturated carbocycles. The molecule has 1 aromatic rings. The van der Waals surface area contributed by atoms with Crippen LogP contribution in [0.4, 0.5) is 0 Å². The smallest absolute Gasteiger partial charge is 0.0715 e. The number of nitriles is 1. The SMILES string of the molecule is CC(C)Cc1ccc(C(C#N)CC(C)C)cc1. The molecule has 1 heteroatoms. The molecular formula is C16H23N. The Kier molecular flexibility index (Phi) is 5.22. The Bertz CT molecular complexity index is 368. The van der Waals surface area contributed by atoms with Gasteiger partial charge in [-0.3, -0.25) is 0 Å². The van der Waals surface area contributed by atoms with Crippen molar-refractivity contribution in [3.05, 3.63) is 35.4 Å². The first kappa shape index (κ1) is 13.8. The lowest BCUT2D eigenvalue weighted by atomic mass is 9.90. The molecule has 0 aliphatic heterocycles. The molecule has 0 aliphatic rings. The maximum atomic E-state index is 9.19. The van der Waals surface area contributed by atoms with E-state index in [0.29, 0.717) is 11.8 Å². The summed E-state index contributed by atoms with van der Waals surface area (Å²) in [5.41, 5.74) is 2.53. The summed E-state index contributed by atoms with van der Waals surface area (Å²) in [6, 6.07) is 11.0. The highest BCUT2D eigenvalue weighted by Crippen LogP contribution is 2.23. The van der Waals surface area contributed by atoms with Crippen molar-refractivity contribution < 1.29 is 0 Å². The average Bonchev–Trinajstić information content (AvgIpc) is 2.26. The van der Waals surface area contributed by atoms with Crippen LogP contribution in [-0.4, -0.2) is 0 Å². The number of hydrogen-bond acceptors (Lipinski definition) is 1. The van der Waals surface area contributed by atoms with Gasteiger partial charge in [-0.2, -0.15) is 5.26 Å². The number of nitrogens with zero attached hydrogens (tertiary/aromatic N) is 1. The third-order valence-electron chi connectivity index (χ3n) is 2.89. The summed E-state index contributed by atoms with van der Waals surface area (Å²) < 4.78 is 0. The molecule has 0 radical (unpaired) electrons. The Morgan fingerprint density at radius 1 is 1.00 bits per heavy atom. The highest BCUT2D eigenvalue weighted by molar-refractivity contribution is 5.29. The zero-order chi connectivity index (χ0) is 12.8. The third-order valence-corrected chi connectivity index (χ3v) is 2.89. The van der Waals surface area contributed by atoms with Crippen molar-refractivity contribution in [3.8, 4) is 6.07 Å². The molecule has 17 heavy (non-hydrogen) atoms. The predicted molar refractivity (Wildman–Crippen MR) is 72.8 cm³/mol. The van der Waals surface area contributed by atoms with Gasteiger partial charge in [0.05, 0.1) is 12.0 Å². The van der Waals surface area contributed by atoms with Crippen LogP contribution >= 0.6 is 0 Å². The van der Waals surface area contributed by atoms with Crippen LogP contribution in [0, 0.1) is 23.2 Å². The van der Waals surface area contributed by atoms with Gasteiger partial charge < -0.3 is 0 Å². The molecule has 1 atom stereocenters. The third kappa shape index (κ3) is 4.61. The standard InChI is InChI=1S/C16H23N/c1-12(2)9-14-5-7-15(8-6-14)16(11-17)10-13(3)4/h5-8,12-13,16H,9-10H2,1-4H3. The monoisotopic (exact) mass is 229 g/mol. The minimum Gasteiger partial charge on any atom is -0.198 e. The molecule has 1 aromatic carbocycles. The molecule has 0 spiro atoms. The average molecular weight is 229 g/mol. The van der Waals surface area contributed by atoms with Gasteiger partial charge in [0, 0.05) is 0 Å². The van der Waals surface area contributed by atoms with E-state index in [1.807, 2.05) is 0 Å². The Labute approximate surface area is 105 Å². The van der Waals surface area contributed by atoms with Crippen LogP contribution in [0.25, 0.3) is 0 Å². The van der Waals surface area contributed by atoms with Crippen LogP contribution in [-0.2, 0) is 6.42 Å². The molecule has 0 aromatic heterocycles. The van der Waals surface area contributed by atoms with Crippen LogP contribution in [0.3, 0.4) is 0 Å². The van der Waals surface area contributed by atoms with E-state index in [4.69, 9.17) is 0 Å². The van der Waals surface area contributed by atoms with Crippen molar-refractivity contribution in [2.24, 2.45) is 11.8 Å². The first-order valence-corrected chi connectivity index (χ1v) is 6.51. The largest absolute Gasteiger partial charge is 0.198 e. The molecule has 0 fully saturated rings. The molecule has 0 saturated heterocycles. The summed E-state index contributed by atoms with van der Waals surface area (Å²) in [6.07, 6.45) is 2.06. The quantitative estimate of drug-likeness (QED) is 0.727. The maximum absolute atomic E-state index is 9.19. The van der Waals surface area contributed by atoms with Gasteiger partial charge in [0.2, 0.25) is 0 Å². The normalized spacial score (nSPS) is 12.8. The Morgan fingerprint density at radius 3 is 2.00 bits per heavy atom. The summed E-state index contributed by atoms with van der Waals surface area (Å²) in [5, 5.41) is 9.19. The first-order chi connectivity index (χ1) is 8.02. The van der Waals surface area contributed by atoms with Crippen molar-refractivity contribution >= 4 is 0 Å². The zero-order valence-electron chi connectivity index (χ0n) is 11.4. The van der Waals surface area contributed by atoms with Crippen LogP contribution < -0.4 is 0 Å². The molecule has 0 bridgehead atoms. The molecular weight excluding hydrogens is 206 g/mol. The van der Waals surface area contributed by atoms with Crippen LogP contribution in [0.2, 0.25) is 0 Å². The fraction of sp³-hybridized carbons (Fsp3) is 0.562. The van der Waals surface area contributed by atoms with Crippen molar-refractivity contribution in [1.82, 2.24) is 0 Å². The van der Waals surface area contributed by atoms with Gasteiger partial charge in [-0.15, -0.1) is 0 Å². The van der Waals surface area contributed by atoms with Gasteiger partial charge >= 0.3 is 0 Å². The van der Waals surface area contributed by atoms with E-state index >= 15 is 0 Å². The van der Waals surface area contributed by atoms with E-state index in [-0.39, 0.29) is 5.92 Å². The Morgan fingerprint density at radius 2 is 1.59 bits per heavy atom. The molecule has 1 rings (SSSR count). The van der Waals surface area contributed by atoms with Gasteiger partial charge in [0.1, 0.15) is 0 Å². The minimum absolute atomic E-state index is 0.0445. The fourth-order valence-electron chi connectivity index (χ4n) is 2.09. The molecule has 1 unspecified atom stereocenters. The maximum Gasteiger partial charge on any atom is 0.0715 e. The molecule has 0 heterocycles. The van der Waals surface area contributed by atoms with Crippen LogP contribution in [0.1, 0.15) is 51.2 Å². The van der Waals surface area contributed by atoms with Crippen LogP contribution in [0.15, 0.2) is 24.3 Å². The Balaban J connectivity index is 2.75. The first-order valence-electron chi connectivity index (χ1n) is 6.51. The van der Waals surface area contributed by atoms with E-state index in [1.165, 1.54) is 5.56 Å². The van der Waals surface area contributed by atoms with E-state index in [0.717, 1.165) is 18.4 Å². The molecule has 92 valence electrons. The van der Waals surface area contributed by atoms with Gasteiger partial charge in [0.15, 0.2) is 0 Å².